The number of halogens is 1. The number of hydrogen-bond donors (Lipinski definition) is 0. The van der Waals surface area contributed by atoms with Crippen LogP contribution in [0.25, 0.3) is 11.1 Å². The molecule has 0 saturated heterocycles. The summed E-state index contributed by atoms with van der Waals surface area (Å²) < 4.78 is 26.4. The topological polar surface area (TPSA) is 35.5 Å². The lowest BCUT2D eigenvalue weighted by molar-refractivity contribution is 0.0734. The summed E-state index contributed by atoms with van der Waals surface area (Å²) in [6.07, 6.45) is 13.0. The van der Waals surface area contributed by atoms with E-state index in [1.807, 2.05) is 36.4 Å². The fraction of sp³-hybridized carbons (Fsp3) is 0.457. The van der Waals surface area contributed by atoms with Crippen LogP contribution in [0.5, 0.6) is 11.5 Å². The molecule has 0 atom stereocenters. The van der Waals surface area contributed by atoms with Crippen LogP contribution in [-0.4, -0.2) is 12.6 Å². The Morgan fingerprint density at radius 1 is 0.769 bits per heavy atom. The van der Waals surface area contributed by atoms with Crippen molar-refractivity contribution in [2.75, 3.05) is 6.61 Å². The van der Waals surface area contributed by atoms with Gasteiger partial charge in [0.2, 0.25) is 0 Å². The van der Waals surface area contributed by atoms with Crippen molar-refractivity contribution in [3.05, 3.63) is 83.7 Å². The van der Waals surface area contributed by atoms with Crippen LogP contribution >= 0.6 is 0 Å². The van der Waals surface area contributed by atoms with Crippen molar-refractivity contribution in [2.45, 2.75) is 90.4 Å². The Morgan fingerprint density at radius 2 is 1.38 bits per heavy atom. The van der Waals surface area contributed by atoms with E-state index >= 15 is 4.39 Å². The Labute approximate surface area is 233 Å². The number of benzene rings is 3. The van der Waals surface area contributed by atoms with Crippen molar-refractivity contribution in [1.29, 1.82) is 0 Å². The monoisotopic (exact) mass is 530 g/mol. The number of unbranched alkanes of at least 4 members (excludes halogenated alkanes) is 4. The van der Waals surface area contributed by atoms with Gasteiger partial charge < -0.3 is 9.47 Å². The summed E-state index contributed by atoms with van der Waals surface area (Å²) >= 11 is 0. The van der Waals surface area contributed by atoms with Gasteiger partial charge in [0.1, 0.15) is 17.3 Å². The molecule has 0 unspecified atom stereocenters. The molecule has 1 saturated carbocycles. The SMILES string of the molecule is CCCCCOc1ccc(-c2ccc(OC(=O)c3ccc(C4CCC(CCCCC)CC4)c(F)c3)cc2)cc1. The van der Waals surface area contributed by atoms with Gasteiger partial charge in [0, 0.05) is 0 Å². The summed E-state index contributed by atoms with van der Waals surface area (Å²) in [5.74, 6) is 1.49. The van der Waals surface area contributed by atoms with E-state index in [1.165, 1.54) is 57.4 Å². The highest BCUT2D eigenvalue weighted by molar-refractivity contribution is 5.91. The number of ether oxygens (including phenoxy) is 2. The van der Waals surface area contributed by atoms with E-state index < -0.39 is 5.97 Å². The van der Waals surface area contributed by atoms with Crippen molar-refractivity contribution in [3.8, 4) is 22.6 Å². The van der Waals surface area contributed by atoms with Gasteiger partial charge in [-0.2, -0.15) is 0 Å². The first kappa shape index (κ1) is 28.9. The fourth-order valence-corrected chi connectivity index (χ4v) is 5.60. The van der Waals surface area contributed by atoms with Gasteiger partial charge in [0.05, 0.1) is 12.2 Å². The molecule has 3 aromatic carbocycles. The van der Waals surface area contributed by atoms with E-state index in [0.29, 0.717) is 5.75 Å². The summed E-state index contributed by atoms with van der Waals surface area (Å²) in [6, 6.07) is 20.2. The van der Waals surface area contributed by atoms with Gasteiger partial charge in [-0.05, 0) is 97.0 Å². The van der Waals surface area contributed by atoms with Gasteiger partial charge in [-0.1, -0.05) is 82.7 Å². The zero-order valence-corrected chi connectivity index (χ0v) is 23.6. The minimum absolute atomic E-state index is 0.239. The van der Waals surface area contributed by atoms with Crippen molar-refractivity contribution in [3.63, 3.8) is 0 Å². The molecule has 3 aromatic rings. The van der Waals surface area contributed by atoms with Gasteiger partial charge in [-0.3, -0.25) is 0 Å². The van der Waals surface area contributed by atoms with Crippen LogP contribution in [0.4, 0.5) is 4.39 Å². The molecule has 1 aliphatic carbocycles. The summed E-state index contributed by atoms with van der Waals surface area (Å²) in [7, 11) is 0. The number of hydrogen-bond acceptors (Lipinski definition) is 3. The molecule has 1 aliphatic rings. The van der Waals surface area contributed by atoms with E-state index in [2.05, 4.69) is 13.8 Å². The van der Waals surface area contributed by atoms with Crippen LogP contribution in [0.15, 0.2) is 66.7 Å². The molecule has 4 heteroatoms. The molecule has 0 aromatic heterocycles. The molecular weight excluding hydrogens is 487 g/mol. The second-order valence-corrected chi connectivity index (χ2v) is 10.9. The van der Waals surface area contributed by atoms with Crippen LogP contribution in [0.2, 0.25) is 0 Å². The van der Waals surface area contributed by atoms with Gasteiger partial charge in [-0.15, -0.1) is 0 Å². The quantitative estimate of drug-likeness (QED) is 0.125. The Kier molecular flexibility index (Phi) is 11.0. The van der Waals surface area contributed by atoms with Crippen molar-refractivity contribution < 1.29 is 18.7 Å². The Hall–Kier alpha value is -3.14. The first-order valence-electron chi connectivity index (χ1n) is 14.9. The average Bonchev–Trinajstić information content (AvgIpc) is 2.97. The smallest absolute Gasteiger partial charge is 0.343 e. The minimum atomic E-state index is -0.544. The largest absolute Gasteiger partial charge is 0.494 e. The molecule has 39 heavy (non-hydrogen) atoms. The normalized spacial score (nSPS) is 17.1. The molecule has 0 spiro atoms. The summed E-state index contributed by atoms with van der Waals surface area (Å²) in [6.45, 7) is 5.15. The lowest BCUT2D eigenvalue weighted by atomic mass is 9.77. The van der Waals surface area contributed by atoms with E-state index in [-0.39, 0.29) is 17.3 Å². The molecule has 0 N–H and O–H groups in total. The van der Waals surface area contributed by atoms with Gasteiger partial charge in [0.25, 0.3) is 0 Å². The highest BCUT2D eigenvalue weighted by Gasteiger charge is 2.25. The third-order valence-corrected chi connectivity index (χ3v) is 8.01. The third kappa shape index (κ3) is 8.42. The zero-order valence-electron chi connectivity index (χ0n) is 23.6. The molecule has 0 radical (unpaired) electrons. The van der Waals surface area contributed by atoms with E-state index in [1.54, 1.807) is 24.3 Å². The first-order valence-corrected chi connectivity index (χ1v) is 14.9. The second-order valence-electron chi connectivity index (χ2n) is 10.9. The second kappa shape index (κ2) is 14.9. The van der Waals surface area contributed by atoms with E-state index in [0.717, 1.165) is 54.2 Å². The molecule has 0 amide bonds. The van der Waals surface area contributed by atoms with Gasteiger partial charge in [-0.25, -0.2) is 9.18 Å². The first-order chi connectivity index (χ1) is 19.1. The van der Waals surface area contributed by atoms with Crippen molar-refractivity contribution in [2.24, 2.45) is 5.92 Å². The molecule has 208 valence electrons. The predicted octanol–water partition coefficient (Wildman–Crippen LogP) is 10.1. The maximum Gasteiger partial charge on any atom is 0.343 e. The number of carbonyl (C=O) groups is 1. The Morgan fingerprint density at radius 3 is 2.00 bits per heavy atom. The molecule has 0 heterocycles. The maximum absolute atomic E-state index is 15.0. The predicted molar refractivity (Wildman–Crippen MR) is 157 cm³/mol. The minimum Gasteiger partial charge on any atom is -0.494 e. The molecular formula is C35H43FO3. The number of rotatable bonds is 13. The lowest BCUT2D eigenvalue weighted by Gasteiger charge is -2.29. The lowest BCUT2D eigenvalue weighted by Crippen LogP contribution is -2.15. The molecule has 0 bridgehead atoms. The van der Waals surface area contributed by atoms with Crippen molar-refractivity contribution >= 4 is 5.97 Å². The molecule has 0 aliphatic heterocycles. The molecule has 3 nitrogen and oxygen atoms in total. The summed E-state index contributed by atoms with van der Waals surface area (Å²) in [4.78, 5) is 12.7. The summed E-state index contributed by atoms with van der Waals surface area (Å²) in [5, 5.41) is 0. The van der Waals surface area contributed by atoms with Crippen LogP contribution < -0.4 is 9.47 Å². The van der Waals surface area contributed by atoms with Crippen LogP contribution in [-0.2, 0) is 0 Å². The summed E-state index contributed by atoms with van der Waals surface area (Å²) in [5.41, 5.74) is 3.05. The van der Waals surface area contributed by atoms with Gasteiger partial charge >= 0.3 is 5.97 Å². The van der Waals surface area contributed by atoms with Crippen LogP contribution in [0.3, 0.4) is 0 Å². The third-order valence-electron chi connectivity index (χ3n) is 8.01. The van der Waals surface area contributed by atoms with Crippen LogP contribution in [0.1, 0.15) is 106 Å². The fourth-order valence-electron chi connectivity index (χ4n) is 5.60. The van der Waals surface area contributed by atoms with Gasteiger partial charge in [0.15, 0.2) is 0 Å². The zero-order chi connectivity index (χ0) is 27.5. The average molecular weight is 531 g/mol. The van der Waals surface area contributed by atoms with E-state index in [9.17, 15) is 4.79 Å². The Balaban J connectivity index is 1.29. The highest BCUT2D eigenvalue weighted by atomic mass is 19.1. The Bertz CT molecular complexity index is 1160. The van der Waals surface area contributed by atoms with Crippen molar-refractivity contribution in [1.82, 2.24) is 0 Å². The maximum atomic E-state index is 15.0. The number of esters is 1. The van der Waals surface area contributed by atoms with Crippen LogP contribution in [0, 0.1) is 11.7 Å². The highest BCUT2D eigenvalue weighted by Crippen LogP contribution is 2.39. The number of carbonyl (C=O) groups excluding carboxylic acids is 1. The molecule has 4 rings (SSSR count). The standard InChI is InChI=1S/C35H43FO3/c1-3-5-7-9-26-10-12-29(13-11-26)33-23-18-30(25-34(33)36)35(37)39-32-21-16-28(17-22-32)27-14-19-31(20-15-27)38-24-8-6-4-2/h14-23,25-26,29H,3-13,24H2,1-2H3. The molecule has 1 fully saturated rings. The van der Waals surface area contributed by atoms with E-state index in [4.69, 9.17) is 9.47 Å².